The fraction of sp³-hybridized carbons (Fsp3) is 0.143. The van der Waals surface area contributed by atoms with Crippen LogP contribution in [0.25, 0.3) is 0 Å². The standard InChI is InChI=1S/C4H7NO.C3H3N/c1-2-3-4(5)6;1-2-3-4/h2H,1,3H2,(H2,5,6);2H,1H2. The summed E-state index contributed by atoms with van der Waals surface area (Å²) in [6, 6.07) is 1.69. The van der Waals surface area contributed by atoms with Crippen LogP contribution >= 0.6 is 0 Å². The third-order valence-electron chi connectivity index (χ3n) is 0.437. The van der Waals surface area contributed by atoms with Gasteiger partial charge in [0, 0.05) is 12.5 Å². The molecule has 1 amide bonds. The van der Waals surface area contributed by atoms with E-state index < -0.39 is 0 Å². The van der Waals surface area contributed by atoms with Crippen molar-refractivity contribution >= 4 is 5.91 Å². The number of nitrogens with two attached hydrogens (primary N) is 1. The minimum absolute atomic E-state index is 0.278. The van der Waals surface area contributed by atoms with Crippen LogP contribution in [0.1, 0.15) is 6.42 Å². The van der Waals surface area contributed by atoms with Crippen molar-refractivity contribution in [3.63, 3.8) is 0 Å². The van der Waals surface area contributed by atoms with Gasteiger partial charge < -0.3 is 5.73 Å². The van der Waals surface area contributed by atoms with Crippen molar-refractivity contribution in [2.75, 3.05) is 0 Å². The molecule has 0 fully saturated rings. The molecule has 0 aliphatic heterocycles. The quantitative estimate of drug-likeness (QED) is 0.451. The zero-order valence-corrected chi connectivity index (χ0v) is 5.71. The molecule has 0 atom stereocenters. The Morgan fingerprint density at radius 2 is 2.10 bits per heavy atom. The highest BCUT2D eigenvalue weighted by atomic mass is 16.1. The molecule has 3 heteroatoms. The molecule has 0 rings (SSSR count). The molecule has 0 aromatic rings. The van der Waals surface area contributed by atoms with Crippen LogP contribution in [-0.2, 0) is 4.79 Å². The molecule has 0 aliphatic rings. The van der Waals surface area contributed by atoms with Gasteiger partial charge in [-0.3, -0.25) is 4.79 Å². The first kappa shape index (κ1) is 11.3. The molecule has 0 spiro atoms. The number of rotatable bonds is 2. The van der Waals surface area contributed by atoms with Crippen LogP contribution in [0.15, 0.2) is 25.3 Å². The first-order valence-electron chi connectivity index (χ1n) is 2.58. The Morgan fingerprint density at radius 1 is 1.70 bits per heavy atom. The van der Waals surface area contributed by atoms with Crippen LogP contribution in [-0.4, -0.2) is 5.91 Å². The fourth-order valence-electron chi connectivity index (χ4n) is 0.142. The summed E-state index contributed by atoms with van der Waals surface area (Å²) in [5, 5.41) is 7.51. The van der Waals surface area contributed by atoms with E-state index in [1.807, 2.05) is 0 Å². The molecule has 10 heavy (non-hydrogen) atoms. The number of carbonyl (C=O) groups is 1. The van der Waals surface area contributed by atoms with E-state index in [1.54, 1.807) is 6.07 Å². The lowest BCUT2D eigenvalue weighted by Crippen LogP contribution is -2.07. The van der Waals surface area contributed by atoms with Crippen molar-refractivity contribution in [1.82, 2.24) is 0 Å². The minimum atomic E-state index is -0.329. The van der Waals surface area contributed by atoms with Crippen LogP contribution in [0.2, 0.25) is 0 Å². The summed E-state index contributed by atoms with van der Waals surface area (Å²) in [5.74, 6) is -0.329. The van der Waals surface area contributed by atoms with Crippen molar-refractivity contribution < 1.29 is 4.79 Å². The van der Waals surface area contributed by atoms with Crippen LogP contribution in [0.3, 0.4) is 0 Å². The van der Waals surface area contributed by atoms with Crippen molar-refractivity contribution in [1.29, 1.82) is 5.26 Å². The SMILES string of the molecule is C=CC#N.C=CCC(N)=O. The molecular formula is C7H10N2O. The lowest BCUT2D eigenvalue weighted by atomic mass is 10.4. The number of primary amides is 1. The van der Waals surface area contributed by atoms with Crippen molar-refractivity contribution in [3.8, 4) is 6.07 Å². The summed E-state index contributed by atoms with van der Waals surface area (Å²) in [4.78, 5) is 9.75. The summed E-state index contributed by atoms with van der Waals surface area (Å²) in [5.41, 5.74) is 4.69. The Bertz CT molecular complexity index is 155. The van der Waals surface area contributed by atoms with Gasteiger partial charge in [0.1, 0.15) is 0 Å². The average molecular weight is 138 g/mol. The van der Waals surface area contributed by atoms with E-state index in [0.717, 1.165) is 0 Å². The molecule has 0 aromatic heterocycles. The van der Waals surface area contributed by atoms with Crippen molar-refractivity contribution in [2.45, 2.75) is 6.42 Å². The zero-order chi connectivity index (χ0) is 8.41. The molecular weight excluding hydrogens is 128 g/mol. The van der Waals surface area contributed by atoms with Gasteiger partial charge in [-0.2, -0.15) is 5.26 Å². The highest BCUT2D eigenvalue weighted by molar-refractivity contribution is 5.75. The van der Waals surface area contributed by atoms with Crippen LogP contribution < -0.4 is 5.73 Å². The third-order valence-corrected chi connectivity index (χ3v) is 0.437. The van der Waals surface area contributed by atoms with Crippen LogP contribution in [0.5, 0.6) is 0 Å². The van der Waals surface area contributed by atoms with Gasteiger partial charge in [-0.15, -0.1) is 6.58 Å². The second-order valence-electron chi connectivity index (χ2n) is 1.29. The summed E-state index contributed by atoms with van der Waals surface area (Å²) in [6.45, 7) is 6.42. The second kappa shape index (κ2) is 10.4. The van der Waals surface area contributed by atoms with E-state index in [0.29, 0.717) is 0 Å². The van der Waals surface area contributed by atoms with E-state index in [1.165, 1.54) is 12.2 Å². The maximum absolute atomic E-state index is 9.75. The number of allylic oxidation sites excluding steroid dienone is 1. The Balaban J connectivity index is 0. The highest BCUT2D eigenvalue weighted by Crippen LogP contribution is 1.71. The molecule has 0 radical (unpaired) electrons. The first-order valence-corrected chi connectivity index (χ1v) is 2.58. The van der Waals surface area contributed by atoms with E-state index >= 15 is 0 Å². The smallest absolute Gasteiger partial charge is 0.221 e. The average Bonchev–Trinajstić information content (AvgIpc) is 1.89. The number of nitrogens with zero attached hydrogens (tertiary/aromatic N) is 1. The number of hydrogen-bond donors (Lipinski definition) is 1. The van der Waals surface area contributed by atoms with Gasteiger partial charge in [0.2, 0.25) is 5.91 Å². The van der Waals surface area contributed by atoms with E-state index in [9.17, 15) is 4.79 Å². The Kier molecular flexibility index (Phi) is 11.7. The van der Waals surface area contributed by atoms with Gasteiger partial charge in [0.25, 0.3) is 0 Å². The molecule has 3 nitrogen and oxygen atoms in total. The summed E-state index contributed by atoms with van der Waals surface area (Å²) >= 11 is 0. The molecule has 0 aromatic carbocycles. The van der Waals surface area contributed by atoms with Crippen molar-refractivity contribution in [2.24, 2.45) is 5.73 Å². The lowest BCUT2D eigenvalue weighted by molar-refractivity contribution is -0.117. The van der Waals surface area contributed by atoms with Gasteiger partial charge in [-0.1, -0.05) is 12.7 Å². The topological polar surface area (TPSA) is 66.9 Å². The number of hydrogen-bond acceptors (Lipinski definition) is 2. The minimum Gasteiger partial charge on any atom is -0.369 e. The Morgan fingerprint density at radius 3 is 2.10 bits per heavy atom. The molecule has 54 valence electrons. The predicted octanol–water partition coefficient (Wildman–Crippen LogP) is 0.744. The summed E-state index contributed by atoms with van der Waals surface area (Å²) in [6.07, 6.45) is 2.93. The van der Waals surface area contributed by atoms with Crippen molar-refractivity contribution in [3.05, 3.63) is 25.3 Å². The number of amides is 1. The third kappa shape index (κ3) is 32.0. The number of carbonyl (C=O) groups excluding carboxylic acids is 1. The normalized spacial score (nSPS) is 5.90. The Labute approximate surface area is 60.4 Å². The summed E-state index contributed by atoms with van der Waals surface area (Å²) < 4.78 is 0. The molecule has 0 saturated heterocycles. The maximum Gasteiger partial charge on any atom is 0.221 e. The molecule has 0 aliphatic carbocycles. The second-order valence-corrected chi connectivity index (χ2v) is 1.29. The highest BCUT2D eigenvalue weighted by Gasteiger charge is 1.80. The monoisotopic (exact) mass is 138 g/mol. The van der Waals surface area contributed by atoms with Crippen LogP contribution in [0, 0.1) is 11.3 Å². The molecule has 0 heterocycles. The Hall–Kier alpha value is -1.56. The predicted molar refractivity (Wildman–Crippen MR) is 39.8 cm³/mol. The molecule has 0 bridgehead atoms. The van der Waals surface area contributed by atoms with Gasteiger partial charge >= 0.3 is 0 Å². The zero-order valence-electron chi connectivity index (χ0n) is 5.71. The first-order chi connectivity index (χ1) is 4.68. The molecule has 0 unspecified atom stereocenters. The maximum atomic E-state index is 9.75. The lowest BCUT2D eigenvalue weighted by Gasteiger charge is -1.76. The largest absolute Gasteiger partial charge is 0.369 e. The van der Waals surface area contributed by atoms with Crippen LogP contribution in [0.4, 0.5) is 0 Å². The number of nitriles is 1. The summed E-state index contributed by atoms with van der Waals surface area (Å²) in [7, 11) is 0. The van der Waals surface area contributed by atoms with E-state index in [4.69, 9.17) is 11.0 Å². The van der Waals surface area contributed by atoms with Gasteiger partial charge in [-0.05, 0) is 0 Å². The molecule has 0 saturated carbocycles. The van der Waals surface area contributed by atoms with E-state index in [-0.39, 0.29) is 12.3 Å². The fourth-order valence-corrected chi connectivity index (χ4v) is 0.142. The van der Waals surface area contributed by atoms with Gasteiger partial charge in [0.15, 0.2) is 0 Å². The van der Waals surface area contributed by atoms with E-state index in [2.05, 4.69) is 13.2 Å². The van der Waals surface area contributed by atoms with Gasteiger partial charge in [0.05, 0.1) is 6.07 Å². The molecule has 2 N–H and O–H groups in total. The van der Waals surface area contributed by atoms with Gasteiger partial charge in [-0.25, -0.2) is 0 Å².